The van der Waals surface area contributed by atoms with Gasteiger partial charge in [0, 0.05) is 13.1 Å². The fraction of sp³-hybridized carbons (Fsp3) is 0.923. The molecule has 0 amide bonds. The zero-order valence-corrected chi connectivity index (χ0v) is 10.8. The van der Waals surface area contributed by atoms with Crippen LogP contribution in [0.25, 0.3) is 0 Å². The van der Waals surface area contributed by atoms with Gasteiger partial charge in [0.2, 0.25) is 0 Å². The lowest BCUT2D eigenvalue weighted by atomic mass is 9.89. The summed E-state index contributed by atoms with van der Waals surface area (Å²) in [7, 11) is 0. The predicted molar refractivity (Wildman–Crippen MR) is 65.1 cm³/mol. The molecule has 1 atom stereocenters. The zero-order chi connectivity index (χ0) is 12.0. The molecule has 3 nitrogen and oxygen atoms in total. The van der Waals surface area contributed by atoms with Gasteiger partial charge in [-0.2, -0.15) is 5.26 Å². The first kappa shape index (κ1) is 13.5. The Morgan fingerprint density at radius 3 is 2.81 bits per heavy atom. The molecule has 1 aliphatic rings. The SMILES string of the molecule is CC1CN(CCCCC(C)(C)C#N)CCO1. The average Bonchev–Trinajstić information content (AvgIpc) is 2.25. The molecule has 16 heavy (non-hydrogen) atoms. The number of rotatable bonds is 5. The highest BCUT2D eigenvalue weighted by atomic mass is 16.5. The van der Waals surface area contributed by atoms with Crippen LogP contribution in [0.3, 0.4) is 0 Å². The van der Waals surface area contributed by atoms with Crippen LogP contribution in [0.5, 0.6) is 0 Å². The summed E-state index contributed by atoms with van der Waals surface area (Å²) in [4.78, 5) is 2.47. The first-order chi connectivity index (χ1) is 7.53. The molecular weight excluding hydrogens is 200 g/mol. The van der Waals surface area contributed by atoms with E-state index in [1.54, 1.807) is 0 Å². The topological polar surface area (TPSA) is 36.3 Å². The van der Waals surface area contributed by atoms with Gasteiger partial charge in [0.05, 0.1) is 24.2 Å². The van der Waals surface area contributed by atoms with E-state index in [-0.39, 0.29) is 5.41 Å². The van der Waals surface area contributed by atoms with Crippen LogP contribution >= 0.6 is 0 Å². The summed E-state index contributed by atoms with van der Waals surface area (Å²) in [6.45, 7) is 10.3. The Kier molecular flexibility index (Phi) is 5.24. The summed E-state index contributed by atoms with van der Waals surface area (Å²) in [6, 6.07) is 2.35. The third-order valence-electron chi connectivity index (χ3n) is 3.15. The van der Waals surface area contributed by atoms with Crippen molar-refractivity contribution >= 4 is 0 Å². The third-order valence-corrected chi connectivity index (χ3v) is 3.15. The summed E-state index contributed by atoms with van der Waals surface area (Å²) in [5.74, 6) is 0. The number of hydrogen-bond donors (Lipinski definition) is 0. The second kappa shape index (κ2) is 6.22. The van der Waals surface area contributed by atoms with E-state index in [9.17, 15) is 0 Å². The van der Waals surface area contributed by atoms with Crippen LogP contribution in [0.2, 0.25) is 0 Å². The Morgan fingerprint density at radius 2 is 2.19 bits per heavy atom. The highest BCUT2D eigenvalue weighted by molar-refractivity contribution is 4.91. The number of nitrogens with zero attached hydrogens (tertiary/aromatic N) is 2. The maximum absolute atomic E-state index is 8.90. The monoisotopic (exact) mass is 224 g/mol. The van der Waals surface area contributed by atoms with Crippen LogP contribution in [0, 0.1) is 16.7 Å². The summed E-state index contributed by atoms with van der Waals surface area (Å²) in [6.07, 6.45) is 3.72. The standard InChI is InChI=1S/C13H24N2O/c1-12-10-15(8-9-16-12)7-5-4-6-13(2,3)11-14/h12H,4-10H2,1-3H3. The van der Waals surface area contributed by atoms with Gasteiger partial charge in [-0.25, -0.2) is 0 Å². The van der Waals surface area contributed by atoms with Gasteiger partial charge in [-0.1, -0.05) is 6.42 Å². The first-order valence-electron chi connectivity index (χ1n) is 6.29. The van der Waals surface area contributed by atoms with Gasteiger partial charge in [-0.05, 0) is 40.2 Å². The molecule has 0 bridgehead atoms. The van der Waals surface area contributed by atoms with Crippen LogP contribution in [-0.4, -0.2) is 37.2 Å². The van der Waals surface area contributed by atoms with Crippen molar-refractivity contribution in [3.8, 4) is 6.07 Å². The minimum atomic E-state index is -0.154. The lowest BCUT2D eigenvalue weighted by Gasteiger charge is -2.31. The van der Waals surface area contributed by atoms with Gasteiger partial charge >= 0.3 is 0 Å². The molecule has 0 aromatic rings. The molecule has 0 spiro atoms. The molecule has 1 fully saturated rings. The summed E-state index contributed by atoms with van der Waals surface area (Å²) < 4.78 is 5.50. The normalized spacial score (nSPS) is 23.0. The number of unbranched alkanes of at least 4 members (excludes halogenated alkanes) is 1. The summed E-state index contributed by atoms with van der Waals surface area (Å²) >= 11 is 0. The fourth-order valence-electron chi connectivity index (χ4n) is 2.05. The molecular formula is C13H24N2O. The van der Waals surface area contributed by atoms with Gasteiger partial charge in [0.15, 0.2) is 0 Å². The molecule has 0 aromatic carbocycles. The van der Waals surface area contributed by atoms with E-state index in [1.165, 1.54) is 6.42 Å². The molecule has 1 heterocycles. The summed E-state index contributed by atoms with van der Waals surface area (Å²) in [5.41, 5.74) is -0.154. The van der Waals surface area contributed by atoms with Crippen molar-refractivity contribution < 1.29 is 4.74 Å². The van der Waals surface area contributed by atoms with Gasteiger partial charge in [-0.15, -0.1) is 0 Å². The van der Waals surface area contributed by atoms with Crippen molar-refractivity contribution in [2.45, 2.75) is 46.1 Å². The molecule has 1 unspecified atom stereocenters. The molecule has 3 heteroatoms. The van der Waals surface area contributed by atoms with Crippen LogP contribution in [0.4, 0.5) is 0 Å². The Bertz CT molecular complexity index is 245. The Morgan fingerprint density at radius 1 is 1.44 bits per heavy atom. The maximum atomic E-state index is 8.90. The van der Waals surface area contributed by atoms with E-state index in [4.69, 9.17) is 10.00 Å². The van der Waals surface area contributed by atoms with Crippen LogP contribution in [-0.2, 0) is 4.74 Å². The molecule has 1 rings (SSSR count). The van der Waals surface area contributed by atoms with Crippen LogP contribution in [0.15, 0.2) is 0 Å². The van der Waals surface area contributed by atoms with E-state index in [2.05, 4.69) is 17.9 Å². The van der Waals surface area contributed by atoms with Gasteiger partial charge in [0.25, 0.3) is 0 Å². The first-order valence-corrected chi connectivity index (χ1v) is 6.29. The second-order valence-corrected chi connectivity index (χ2v) is 5.43. The van der Waals surface area contributed by atoms with Gasteiger partial charge in [0.1, 0.15) is 0 Å². The van der Waals surface area contributed by atoms with E-state index in [1.807, 2.05) is 13.8 Å². The molecule has 1 aliphatic heterocycles. The lowest BCUT2D eigenvalue weighted by Crippen LogP contribution is -2.41. The van der Waals surface area contributed by atoms with Crippen LogP contribution < -0.4 is 0 Å². The second-order valence-electron chi connectivity index (χ2n) is 5.43. The lowest BCUT2D eigenvalue weighted by molar-refractivity contribution is -0.0187. The minimum absolute atomic E-state index is 0.154. The molecule has 92 valence electrons. The summed E-state index contributed by atoms with van der Waals surface area (Å²) in [5, 5.41) is 8.90. The van der Waals surface area contributed by atoms with Crippen molar-refractivity contribution in [3.63, 3.8) is 0 Å². The smallest absolute Gasteiger partial charge is 0.0683 e. The largest absolute Gasteiger partial charge is 0.376 e. The average molecular weight is 224 g/mol. The highest BCUT2D eigenvalue weighted by Gasteiger charge is 2.18. The Hall–Kier alpha value is -0.590. The molecule has 0 N–H and O–H groups in total. The van der Waals surface area contributed by atoms with Crippen molar-refractivity contribution in [2.24, 2.45) is 5.41 Å². The van der Waals surface area contributed by atoms with Crippen molar-refractivity contribution in [1.29, 1.82) is 5.26 Å². The molecule has 0 radical (unpaired) electrons. The predicted octanol–water partition coefficient (Wildman–Crippen LogP) is 2.43. The van der Waals surface area contributed by atoms with E-state index < -0.39 is 0 Å². The molecule has 0 saturated carbocycles. The number of morpholine rings is 1. The fourth-order valence-corrected chi connectivity index (χ4v) is 2.05. The quantitative estimate of drug-likeness (QED) is 0.673. The van der Waals surface area contributed by atoms with Crippen molar-refractivity contribution in [3.05, 3.63) is 0 Å². The number of hydrogen-bond acceptors (Lipinski definition) is 3. The molecule has 0 aromatic heterocycles. The van der Waals surface area contributed by atoms with E-state index >= 15 is 0 Å². The zero-order valence-electron chi connectivity index (χ0n) is 10.8. The van der Waals surface area contributed by atoms with E-state index in [0.717, 1.165) is 39.1 Å². The van der Waals surface area contributed by atoms with Gasteiger partial charge < -0.3 is 4.74 Å². The number of ether oxygens (including phenoxy) is 1. The van der Waals surface area contributed by atoms with Gasteiger partial charge in [-0.3, -0.25) is 4.90 Å². The van der Waals surface area contributed by atoms with Crippen molar-refractivity contribution in [1.82, 2.24) is 4.90 Å². The van der Waals surface area contributed by atoms with Crippen LogP contribution in [0.1, 0.15) is 40.0 Å². The highest BCUT2D eigenvalue weighted by Crippen LogP contribution is 2.21. The van der Waals surface area contributed by atoms with E-state index in [0.29, 0.717) is 6.10 Å². The maximum Gasteiger partial charge on any atom is 0.0683 e. The minimum Gasteiger partial charge on any atom is -0.376 e. The molecule has 1 saturated heterocycles. The Balaban J connectivity index is 2.09. The Labute approximate surface area is 99.4 Å². The van der Waals surface area contributed by atoms with Crippen molar-refractivity contribution in [2.75, 3.05) is 26.2 Å². The number of nitriles is 1. The third kappa shape index (κ3) is 4.96. The molecule has 0 aliphatic carbocycles.